The highest BCUT2D eigenvalue weighted by Gasteiger charge is 2.12. The first-order valence-corrected chi connectivity index (χ1v) is 10.6. The Morgan fingerprint density at radius 3 is 2.74 bits per heavy atom. The minimum absolute atomic E-state index is 0.481. The number of pyridine rings is 1. The average Bonchev–Trinajstić information content (AvgIpc) is 3.27. The van der Waals surface area contributed by atoms with Gasteiger partial charge in [0.05, 0.1) is 17.7 Å². The Morgan fingerprint density at radius 2 is 1.94 bits per heavy atom. The smallest absolute Gasteiger partial charge is 0.139 e. The number of hydrogen-bond donors (Lipinski definition) is 1. The molecule has 2 aromatic carbocycles. The van der Waals surface area contributed by atoms with Crippen molar-refractivity contribution in [2.45, 2.75) is 20.3 Å². The predicted molar refractivity (Wildman–Crippen MR) is 123 cm³/mol. The van der Waals surface area contributed by atoms with Crippen molar-refractivity contribution in [1.29, 1.82) is 5.26 Å². The molecule has 0 spiro atoms. The van der Waals surface area contributed by atoms with E-state index >= 15 is 0 Å². The van der Waals surface area contributed by atoms with Gasteiger partial charge < -0.3 is 19.4 Å². The van der Waals surface area contributed by atoms with Crippen LogP contribution in [0.5, 0.6) is 17.2 Å². The van der Waals surface area contributed by atoms with Crippen LogP contribution >= 0.6 is 0 Å². The molecule has 0 aliphatic rings. The number of fused-ring (bicyclic) bond motifs is 2. The van der Waals surface area contributed by atoms with E-state index in [4.69, 9.17) is 9.47 Å². The van der Waals surface area contributed by atoms with Crippen molar-refractivity contribution in [3.63, 3.8) is 0 Å². The second-order valence-corrected chi connectivity index (χ2v) is 7.34. The molecule has 4 rings (SSSR count). The lowest BCUT2D eigenvalue weighted by Gasteiger charge is -2.18. The molecule has 31 heavy (non-hydrogen) atoms. The number of ether oxygens (including phenoxy) is 2. The van der Waals surface area contributed by atoms with E-state index in [1.807, 2.05) is 42.6 Å². The molecule has 0 unspecified atom stereocenters. The Labute approximate surface area is 182 Å². The third-order valence-electron chi connectivity index (χ3n) is 5.45. The molecule has 6 heteroatoms. The van der Waals surface area contributed by atoms with Crippen molar-refractivity contribution >= 4 is 21.8 Å². The van der Waals surface area contributed by atoms with E-state index in [1.165, 1.54) is 0 Å². The number of nitriles is 1. The van der Waals surface area contributed by atoms with Crippen LogP contribution in [0.3, 0.4) is 0 Å². The molecule has 2 aromatic heterocycles. The molecule has 0 atom stereocenters. The Hall–Kier alpha value is -3.56. The molecule has 0 aliphatic carbocycles. The lowest BCUT2D eigenvalue weighted by Crippen LogP contribution is -2.25. The van der Waals surface area contributed by atoms with E-state index in [0.717, 1.165) is 53.6 Å². The average molecular weight is 415 g/mol. The van der Waals surface area contributed by atoms with Gasteiger partial charge in [-0.2, -0.15) is 5.26 Å². The summed E-state index contributed by atoms with van der Waals surface area (Å²) in [6.45, 7) is 7.90. The zero-order valence-electron chi connectivity index (χ0n) is 17.9. The quantitative estimate of drug-likeness (QED) is 0.367. The van der Waals surface area contributed by atoms with Gasteiger partial charge in [0.2, 0.25) is 0 Å². The summed E-state index contributed by atoms with van der Waals surface area (Å²) in [5, 5.41) is 11.5. The number of H-pyrrole nitrogens is 1. The number of rotatable bonds is 9. The highest BCUT2D eigenvalue weighted by molar-refractivity contribution is 5.88. The molecule has 4 aromatic rings. The van der Waals surface area contributed by atoms with Gasteiger partial charge in [-0.25, -0.2) is 0 Å². The first-order valence-electron chi connectivity index (χ1n) is 10.6. The zero-order valence-corrected chi connectivity index (χ0v) is 17.9. The minimum Gasteiger partial charge on any atom is -0.492 e. The maximum atomic E-state index is 9.67. The molecule has 6 nitrogen and oxygen atoms in total. The van der Waals surface area contributed by atoms with Crippen molar-refractivity contribution in [1.82, 2.24) is 14.9 Å². The summed E-state index contributed by atoms with van der Waals surface area (Å²) in [6, 6.07) is 15.6. The van der Waals surface area contributed by atoms with Crippen LogP contribution in [-0.2, 0) is 0 Å². The van der Waals surface area contributed by atoms with Crippen molar-refractivity contribution in [2.24, 2.45) is 0 Å². The van der Waals surface area contributed by atoms with Crippen LogP contribution in [0, 0.1) is 11.3 Å². The third kappa shape index (κ3) is 4.62. The Bertz CT molecular complexity index is 1220. The fourth-order valence-corrected chi connectivity index (χ4v) is 3.68. The molecule has 2 heterocycles. The fourth-order valence-electron chi connectivity index (χ4n) is 3.68. The maximum Gasteiger partial charge on any atom is 0.139 e. The van der Waals surface area contributed by atoms with Crippen molar-refractivity contribution in [2.75, 3.05) is 26.2 Å². The highest BCUT2D eigenvalue weighted by Crippen LogP contribution is 2.34. The van der Waals surface area contributed by atoms with Crippen LogP contribution in [0.1, 0.15) is 25.8 Å². The fraction of sp³-hybridized carbons (Fsp3) is 0.280. The van der Waals surface area contributed by atoms with Crippen molar-refractivity contribution in [3.05, 3.63) is 60.4 Å². The third-order valence-corrected chi connectivity index (χ3v) is 5.45. The molecule has 0 fully saturated rings. The maximum absolute atomic E-state index is 9.67. The van der Waals surface area contributed by atoms with Gasteiger partial charge in [0, 0.05) is 41.3 Å². The number of aromatic nitrogens is 2. The Morgan fingerprint density at radius 1 is 1.06 bits per heavy atom. The number of nitrogens with zero attached hydrogens (tertiary/aromatic N) is 3. The van der Waals surface area contributed by atoms with Gasteiger partial charge in [0.15, 0.2) is 0 Å². The topological polar surface area (TPSA) is 74.2 Å². The van der Waals surface area contributed by atoms with Gasteiger partial charge in [-0.3, -0.25) is 4.98 Å². The SMILES string of the molecule is CCN(CC)CCCOc1cc2nccc(Oc3ccc4[nH]ccc4c3)c2cc1C#N. The number of hydrogen-bond acceptors (Lipinski definition) is 5. The van der Waals surface area contributed by atoms with Crippen LogP contribution in [-0.4, -0.2) is 41.1 Å². The summed E-state index contributed by atoms with van der Waals surface area (Å²) in [5.74, 6) is 1.95. The van der Waals surface area contributed by atoms with E-state index in [-0.39, 0.29) is 0 Å². The lowest BCUT2D eigenvalue weighted by atomic mass is 10.1. The zero-order chi connectivity index (χ0) is 21.6. The van der Waals surface area contributed by atoms with E-state index in [0.29, 0.717) is 23.7 Å². The van der Waals surface area contributed by atoms with Gasteiger partial charge in [-0.05, 0) is 55.9 Å². The van der Waals surface area contributed by atoms with Crippen LogP contribution in [0.15, 0.2) is 54.9 Å². The van der Waals surface area contributed by atoms with Gasteiger partial charge in [0.25, 0.3) is 0 Å². The molecule has 158 valence electrons. The van der Waals surface area contributed by atoms with Gasteiger partial charge in [-0.1, -0.05) is 13.8 Å². The molecule has 1 N–H and O–H groups in total. The summed E-state index contributed by atoms with van der Waals surface area (Å²) >= 11 is 0. The summed E-state index contributed by atoms with van der Waals surface area (Å²) in [5.41, 5.74) is 2.27. The normalized spacial score (nSPS) is 11.2. The molecule has 0 saturated carbocycles. The Balaban J connectivity index is 1.55. The predicted octanol–water partition coefficient (Wildman–Crippen LogP) is 5.49. The molecule has 0 bridgehead atoms. The van der Waals surface area contributed by atoms with E-state index in [2.05, 4.69) is 34.8 Å². The molecular weight excluding hydrogens is 388 g/mol. The van der Waals surface area contributed by atoms with Gasteiger partial charge >= 0.3 is 0 Å². The Kier molecular flexibility index (Phi) is 6.34. The number of aromatic amines is 1. The highest BCUT2D eigenvalue weighted by atomic mass is 16.5. The van der Waals surface area contributed by atoms with E-state index in [9.17, 15) is 5.26 Å². The van der Waals surface area contributed by atoms with Crippen molar-refractivity contribution in [3.8, 4) is 23.3 Å². The summed E-state index contributed by atoms with van der Waals surface area (Å²) in [7, 11) is 0. The van der Waals surface area contributed by atoms with Crippen molar-refractivity contribution < 1.29 is 9.47 Å². The second kappa shape index (κ2) is 9.50. The lowest BCUT2D eigenvalue weighted by molar-refractivity contribution is 0.249. The largest absolute Gasteiger partial charge is 0.492 e. The number of nitrogens with one attached hydrogen (secondary N) is 1. The molecule has 0 radical (unpaired) electrons. The van der Waals surface area contributed by atoms with E-state index in [1.54, 1.807) is 12.3 Å². The van der Waals surface area contributed by atoms with Gasteiger partial charge in [0.1, 0.15) is 23.3 Å². The first kappa shape index (κ1) is 20.7. The number of benzene rings is 2. The minimum atomic E-state index is 0.481. The molecule has 0 amide bonds. The summed E-state index contributed by atoms with van der Waals surface area (Å²) < 4.78 is 12.1. The molecular formula is C25H26N4O2. The van der Waals surface area contributed by atoms with Crippen LogP contribution in [0.2, 0.25) is 0 Å². The monoisotopic (exact) mass is 414 g/mol. The summed E-state index contributed by atoms with van der Waals surface area (Å²) in [6.07, 6.45) is 4.52. The van der Waals surface area contributed by atoms with Crippen LogP contribution < -0.4 is 9.47 Å². The molecule has 0 saturated heterocycles. The standard InChI is InChI=1S/C25H26N4O2/c1-3-29(4-2)12-5-13-30-25-16-23-21(15-19(25)17-26)24(9-11-28-23)31-20-6-7-22-18(14-20)8-10-27-22/h6-11,14-16,27H,3-5,12-13H2,1-2H3. The van der Waals surface area contributed by atoms with Crippen LogP contribution in [0.25, 0.3) is 21.8 Å². The first-order chi connectivity index (χ1) is 15.2. The summed E-state index contributed by atoms with van der Waals surface area (Å²) in [4.78, 5) is 9.99. The molecule has 0 aliphatic heterocycles. The second-order valence-electron chi connectivity index (χ2n) is 7.34. The van der Waals surface area contributed by atoms with Crippen LogP contribution in [0.4, 0.5) is 0 Å². The van der Waals surface area contributed by atoms with Gasteiger partial charge in [-0.15, -0.1) is 0 Å². The van der Waals surface area contributed by atoms with E-state index < -0.39 is 0 Å².